The van der Waals surface area contributed by atoms with E-state index in [2.05, 4.69) is 46.9 Å². The van der Waals surface area contributed by atoms with Gasteiger partial charge < -0.3 is 5.32 Å². The zero-order valence-electron chi connectivity index (χ0n) is 10.2. The van der Waals surface area contributed by atoms with Crippen molar-refractivity contribution >= 4 is 0 Å². The van der Waals surface area contributed by atoms with E-state index >= 15 is 0 Å². The number of nitrogens with one attached hydrogen (secondary N) is 1. The molecule has 0 aliphatic rings. The van der Waals surface area contributed by atoms with Crippen molar-refractivity contribution in [2.45, 2.75) is 66.5 Å². The van der Waals surface area contributed by atoms with Crippen molar-refractivity contribution in [2.75, 3.05) is 0 Å². The van der Waals surface area contributed by atoms with Gasteiger partial charge in [-0.05, 0) is 32.1 Å². The van der Waals surface area contributed by atoms with Gasteiger partial charge in [-0.2, -0.15) is 0 Å². The summed E-state index contributed by atoms with van der Waals surface area (Å²) in [6, 6.07) is 1.31. The highest BCUT2D eigenvalue weighted by molar-refractivity contribution is 4.72. The average Bonchev–Trinajstić information content (AvgIpc) is 2.01. The molecule has 0 aliphatic heterocycles. The highest BCUT2D eigenvalue weighted by atomic mass is 14.9. The summed E-state index contributed by atoms with van der Waals surface area (Å²) in [5.74, 6) is 1.58. The highest BCUT2D eigenvalue weighted by Crippen LogP contribution is 2.10. The molecule has 0 saturated heterocycles. The van der Waals surface area contributed by atoms with Crippen LogP contribution in [0, 0.1) is 11.8 Å². The summed E-state index contributed by atoms with van der Waals surface area (Å²) >= 11 is 0. The van der Waals surface area contributed by atoms with Crippen molar-refractivity contribution in [3.8, 4) is 0 Å². The molecule has 1 nitrogen and oxygen atoms in total. The second-order valence-corrected chi connectivity index (χ2v) is 4.87. The molecule has 0 heterocycles. The third kappa shape index (κ3) is 6.09. The standard InChI is InChI=1S/C12H27N/c1-7-10(4)12(6)13-11(5)8-9(2)3/h9-13H,7-8H2,1-6H3/t10?,11-,12?/m0/s1. The van der Waals surface area contributed by atoms with E-state index in [0.717, 1.165) is 11.8 Å². The smallest absolute Gasteiger partial charge is 0.00667 e. The lowest BCUT2D eigenvalue weighted by molar-refractivity contribution is 0.331. The van der Waals surface area contributed by atoms with Crippen LogP contribution in [0.5, 0.6) is 0 Å². The third-order valence-electron chi connectivity index (χ3n) is 2.87. The average molecular weight is 185 g/mol. The van der Waals surface area contributed by atoms with Crippen molar-refractivity contribution in [3.63, 3.8) is 0 Å². The summed E-state index contributed by atoms with van der Waals surface area (Å²) in [5, 5.41) is 3.66. The fourth-order valence-electron chi connectivity index (χ4n) is 1.74. The number of hydrogen-bond acceptors (Lipinski definition) is 1. The fourth-order valence-corrected chi connectivity index (χ4v) is 1.74. The summed E-state index contributed by atoms with van der Waals surface area (Å²) in [6.07, 6.45) is 2.54. The van der Waals surface area contributed by atoms with Crippen molar-refractivity contribution in [1.29, 1.82) is 0 Å². The molecule has 3 atom stereocenters. The SMILES string of the molecule is CCC(C)C(C)N[C@@H](C)CC(C)C. The van der Waals surface area contributed by atoms with Crippen LogP contribution in [-0.4, -0.2) is 12.1 Å². The predicted octanol–water partition coefficient (Wildman–Crippen LogP) is 3.45. The molecule has 0 aliphatic carbocycles. The fraction of sp³-hybridized carbons (Fsp3) is 1.00. The molecule has 0 rings (SSSR count). The van der Waals surface area contributed by atoms with Crippen LogP contribution < -0.4 is 5.32 Å². The van der Waals surface area contributed by atoms with Gasteiger partial charge in [0.05, 0.1) is 0 Å². The quantitative estimate of drug-likeness (QED) is 0.668. The molecule has 0 saturated carbocycles. The molecule has 13 heavy (non-hydrogen) atoms. The Bertz CT molecular complexity index is 120. The largest absolute Gasteiger partial charge is 0.312 e. The van der Waals surface area contributed by atoms with E-state index in [1.807, 2.05) is 0 Å². The zero-order chi connectivity index (χ0) is 10.4. The Morgan fingerprint density at radius 3 is 1.92 bits per heavy atom. The van der Waals surface area contributed by atoms with E-state index < -0.39 is 0 Å². The number of hydrogen-bond donors (Lipinski definition) is 1. The molecule has 0 aromatic heterocycles. The van der Waals surface area contributed by atoms with E-state index in [9.17, 15) is 0 Å². The van der Waals surface area contributed by atoms with E-state index in [0.29, 0.717) is 12.1 Å². The van der Waals surface area contributed by atoms with Gasteiger partial charge in [0.1, 0.15) is 0 Å². The molecular weight excluding hydrogens is 158 g/mol. The van der Waals surface area contributed by atoms with Crippen LogP contribution >= 0.6 is 0 Å². The van der Waals surface area contributed by atoms with Crippen LogP contribution in [-0.2, 0) is 0 Å². The summed E-state index contributed by atoms with van der Waals surface area (Å²) in [5.41, 5.74) is 0. The van der Waals surface area contributed by atoms with Gasteiger partial charge in [0, 0.05) is 12.1 Å². The predicted molar refractivity (Wildman–Crippen MR) is 61.0 cm³/mol. The second kappa shape index (κ2) is 6.42. The molecule has 1 N–H and O–H groups in total. The Labute approximate surface area is 84.3 Å². The van der Waals surface area contributed by atoms with Gasteiger partial charge >= 0.3 is 0 Å². The Morgan fingerprint density at radius 1 is 1.00 bits per heavy atom. The first-order chi connectivity index (χ1) is 5.97. The molecule has 80 valence electrons. The van der Waals surface area contributed by atoms with Gasteiger partial charge in [-0.3, -0.25) is 0 Å². The van der Waals surface area contributed by atoms with Gasteiger partial charge in [0.2, 0.25) is 0 Å². The van der Waals surface area contributed by atoms with Crippen LogP contribution in [0.3, 0.4) is 0 Å². The summed E-state index contributed by atoms with van der Waals surface area (Å²) < 4.78 is 0. The lowest BCUT2D eigenvalue weighted by atomic mass is 9.98. The minimum atomic E-state index is 0.652. The van der Waals surface area contributed by atoms with Crippen molar-refractivity contribution in [2.24, 2.45) is 11.8 Å². The Hall–Kier alpha value is -0.0400. The minimum absolute atomic E-state index is 0.652. The first-order valence-corrected chi connectivity index (χ1v) is 5.73. The monoisotopic (exact) mass is 185 g/mol. The maximum Gasteiger partial charge on any atom is 0.00667 e. The van der Waals surface area contributed by atoms with Crippen LogP contribution in [0.15, 0.2) is 0 Å². The van der Waals surface area contributed by atoms with E-state index in [1.54, 1.807) is 0 Å². The first-order valence-electron chi connectivity index (χ1n) is 5.73. The van der Waals surface area contributed by atoms with Gasteiger partial charge in [0.25, 0.3) is 0 Å². The van der Waals surface area contributed by atoms with Crippen molar-refractivity contribution < 1.29 is 0 Å². The summed E-state index contributed by atoms with van der Waals surface area (Å²) in [4.78, 5) is 0. The van der Waals surface area contributed by atoms with E-state index in [1.165, 1.54) is 12.8 Å². The van der Waals surface area contributed by atoms with Gasteiger partial charge in [-0.25, -0.2) is 0 Å². The Kier molecular flexibility index (Phi) is 6.40. The third-order valence-corrected chi connectivity index (χ3v) is 2.87. The first kappa shape index (κ1) is 13.0. The summed E-state index contributed by atoms with van der Waals surface area (Å²) in [6.45, 7) is 13.7. The maximum absolute atomic E-state index is 3.66. The Morgan fingerprint density at radius 2 is 1.54 bits per heavy atom. The van der Waals surface area contributed by atoms with Gasteiger partial charge in [0.15, 0.2) is 0 Å². The van der Waals surface area contributed by atoms with Gasteiger partial charge in [-0.1, -0.05) is 34.1 Å². The summed E-state index contributed by atoms with van der Waals surface area (Å²) in [7, 11) is 0. The van der Waals surface area contributed by atoms with Crippen molar-refractivity contribution in [1.82, 2.24) is 5.32 Å². The minimum Gasteiger partial charge on any atom is -0.312 e. The molecule has 0 bridgehead atoms. The molecule has 0 radical (unpaired) electrons. The van der Waals surface area contributed by atoms with Crippen LogP contribution in [0.25, 0.3) is 0 Å². The molecule has 1 heteroatoms. The van der Waals surface area contributed by atoms with Crippen LogP contribution in [0.4, 0.5) is 0 Å². The van der Waals surface area contributed by atoms with Gasteiger partial charge in [-0.15, -0.1) is 0 Å². The van der Waals surface area contributed by atoms with E-state index in [4.69, 9.17) is 0 Å². The molecule has 2 unspecified atom stereocenters. The molecule has 0 fully saturated rings. The second-order valence-electron chi connectivity index (χ2n) is 4.87. The lowest BCUT2D eigenvalue weighted by Gasteiger charge is -2.25. The topological polar surface area (TPSA) is 12.0 Å². The highest BCUT2D eigenvalue weighted by Gasteiger charge is 2.13. The normalized spacial score (nSPS) is 18.7. The molecule has 0 aromatic rings. The molecular formula is C12H27N. The van der Waals surface area contributed by atoms with E-state index in [-0.39, 0.29) is 0 Å². The Balaban J connectivity index is 3.70. The zero-order valence-corrected chi connectivity index (χ0v) is 10.2. The van der Waals surface area contributed by atoms with Crippen molar-refractivity contribution in [3.05, 3.63) is 0 Å². The molecule has 0 spiro atoms. The lowest BCUT2D eigenvalue weighted by Crippen LogP contribution is -2.39. The maximum atomic E-state index is 3.66. The molecule has 0 aromatic carbocycles. The van der Waals surface area contributed by atoms with Crippen LogP contribution in [0.2, 0.25) is 0 Å². The number of rotatable bonds is 6. The van der Waals surface area contributed by atoms with Crippen LogP contribution in [0.1, 0.15) is 54.4 Å². The molecule has 0 amide bonds.